The second-order valence-corrected chi connectivity index (χ2v) is 4.92. The number of hydrogen-bond donors (Lipinski definition) is 1. The van der Waals surface area contributed by atoms with Gasteiger partial charge in [0.2, 0.25) is 0 Å². The molecule has 0 fully saturated rings. The van der Waals surface area contributed by atoms with Gasteiger partial charge in [-0.3, -0.25) is 0 Å². The van der Waals surface area contributed by atoms with E-state index < -0.39 is 0 Å². The molecule has 1 N–H and O–H groups in total. The molecular formula is C14H31NO. The normalized spacial score (nSPS) is 15.0. The summed E-state index contributed by atoms with van der Waals surface area (Å²) in [4.78, 5) is 0. The Hall–Kier alpha value is -0.0800. The van der Waals surface area contributed by atoms with Gasteiger partial charge in [-0.25, -0.2) is 0 Å². The van der Waals surface area contributed by atoms with Crippen molar-refractivity contribution in [1.29, 1.82) is 0 Å². The van der Waals surface area contributed by atoms with Crippen molar-refractivity contribution in [3.8, 4) is 0 Å². The number of methoxy groups -OCH3 is 1. The Morgan fingerprint density at radius 1 is 1.12 bits per heavy atom. The fraction of sp³-hybridized carbons (Fsp3) is 1.00. The first-order chi connectivity index (χ1) is 7.74. The first-order valence-corrected chi connectivity index (χ1v) is 6.96. The molecule has 0 aromatic carbocycles. The highest BCUT2D eigenvalue weighted by molar-refractivity contribution is 4.70. The SMILES string of the molecule is CCCNC(CCCOC)CC(C)CCC. The van der Waals surface area contributed by atoms with E-state index >= 15 is 0 Å². The molecule has 0 radical (unpaired) electrons. The number of ether oxygens (including phenoxy) is 1. The molecule has 0 spiro atoms. The maximum absolute atomic E-state index is 5.12. The third-order valence-corrected chi connectivity index (χ3v) is 3.05. The maximum Gasteiger partial charge on any atom is 0.0462 e. The van der Waals surface area contributed by atoms with Gasteiger partial charge in [-0.15, -0.1) is 0 Å². The van der Waals surface area contributed by atoms with Crippen LogP contribution in [0.2, 0.25) is 0 Å². The van der Waals surface area contributed by atoms with Crippen LogP contribution in [0.25, 0.3) is 0 Å². The van der Waals surface area contributed by atoms with Crippen LogP contribution >= 0.6 is 0 Å². The van der Waals surface area contributed by atoms with E-state index in [1.807, 2.05) is 0 Å². The molecule has 0 aliphatic heterocycles. The fourth-order valence-electron chi connectivity index (χ4n) is 2.22. The van der Waals surface area contributed by atoms with Gasteiger partial charge in [0, 0.05) is 19.8 Å². The van der Waals surface area contributed by atoms with Crippen LogP contribution in [0.3, 0.4) is 0 Å². The van der Waals surface area contributed by atoms with Crippen LogP contribution in [0.15, 0.2) is 0 Å². The number of nitrogens with one attached hydrogen (secondary N) is 1. The highest BCUT2D eigenvalue weighted by Gasteiger charge is 2.11. The van der Waals surface area contributed by atoms with Crippen LogP contribution in [0.1, 0.15) is 59.3 Å². The third-order valence-electron chi connectivity index (χ3n) is 3.05. The van der Waals surface area contributed by atoms with Gasteiger partial charge in [0.25, 0.3) is 0 Å². The van der Waals surface area contributed by atoms with Crippen LogP contribution in [-0.4, -0.2) is 26.3 Å². The lowest BCUT2D eigenvalue weighted by atomic mass is 9.94. The Kier molecular flexibility index (Phi) is 11.3. The molecule has 16 heavy (non-hydrogen) atoms. The second kappa shape index (κ2) is 11.4. The van der Waals surface area contributed by atoms with E-state index in [1.54, 1.807) is 7.11 Å². The molecular weight excluding hydrogens is 198 g/mol. The van der Waals surface area contributed by atoms with Gasteiger partial charge >= 0.3 is 0 Å². The smallest absolute Gasteiger partial charge is 0.0462 e. The van der Waals surface area contributed by atoms with E-state index in [9.17, 15) is 0 Å². The van der Waals surface area contributed by atoms with Gasteiger partial charge in [-0.2, -0.15) is 0 Å². The van der Waals surface area contributed by atoms with Crippen molar-refractivity contribution >= 4 is 0 Å². The number of hydrogen-bond acceptors (Lipinski definition) is 2. The zero-order valence-electron chi connectivity index (χ0n) is 11.7. The van der Waals surface area contributed by atoms with Crippen LogP contribution in [0, 0.1) is 5.92 Å². The maximum atomic E-state index is 5.12. The molecule has 2 unspecified atom stereocenters. The molecule has 0 rings (SSSR count). The standard InChI is InChI=1S/C14H31NO/c1-5-8-13(3)12-14(15-10-6-2)9-7-11-16-4/h13-15H,5-12H2,1-4H3. The molecule has 0 aliphatic carbocycles. The predicted molar refractivity (Wildman–Crippen MR) is 71.9 cm³/mol. The monoisotopic (exact) mass is 229 g/mol. The van der Waals surface area contributed by atoms with E-state index in [4.69, 9.17) is 4.74 Å². The minimum Gasteiger partial charge on any atom is -0.385 e. The zero-order chi connectivity index (χ0) is 12.2. The highest BCUT2D eigenvalue weighted by Crippen LogP contribution is 2.15. The Balaban J connectivity index is 3.78. The molecule has 2 nitrogen and oxygen atoms in total. The summed E-state index contributed by atoms with van der Waals surface area (Å²) in [5.41, 5.74) is 0. The van der Waals surface area contributed by atoms with Crippen LogP contribution in [-0.2, 0) is 4.74 Å². The van der Waals surface area contributed by atoms with Crippen molar-refractivity contribution in [2.75, 3.05) is 20.3 Å². The molecule has 0 heterocycles. The number of rotatable bonds is 11. The molecule has 0 bridgehead atoms. The molecule has 0 amide bonds. The molecule has 98 valence electrons. The lowest BCUT2D eigenvalue weighted by molar-refractivity contribution is 0.186. The largest absolute Gasteiger partial charge is 0.385 e. The van der Waals surface area contributed by atoms with Gasteiger partial charge in [0.05, 0.1) is 0 Å². The van der Waals surface area contributed by atoms with Gasteiger partial charge in [-0.05, 0) is 38.1 Å². The predicted octanol–water partition coefficient (Wildman–Crippen LogP) is 3.61. The summed E-state index contributed by atoms with van der Waals surface area (Å²) in [5, 5.41) is 3.66. The quantitative estimate of drug-likeness (QED) is 0.547. The van der Waals surface area contributed by atoms with Crippen LogP contribution in [0.4, 0.5) is 0 Å². The van der Waals surface area contributed by atoms with Gasteiger partial charge < -0.3 is 10.1 Å². The topological polar surface area (TPSA) is 21.3 Å². The summed E-state index contributed by atoms with van der Waals surface area (Å²) < 4.78 is 5.12. The average molecular weight is 229 g/mol. The first kappa shape index (κ1) is 15.9. The molecule has 0 saturated heterocycles. The Morgan fingerprint density at radius 2 is 1.88 bits per heavy atom. The summed E-state index contributed by atoms with van der Waals surface area (Å²) in [7, 11) is 1.79. The first-order valence-electron chi connectivity index (χ1n) is 6.96. The summed E-state index contributed by atoms with van der Waals surface area (Å²) in [6, 6.07) is 0.691. The summed E-state index contributed by atoms with van der Waals surface area (Å²) in [6.07, 6.45) is 7.63. The average Bonchev–Trinajstić information content (AvgIpc) is 2.26. The van der Waals surface area contributed by atoms with Gasteiger partial charge in [-0.1, -0.05) is 33.6 Å². The zero-order valence-corrected chi connectivity index (χ0v) is 11.7. The minimum absolute atomic E-state index is 0.691. The van der Waals surface area contributed by atoms with Crippen molar-refractivity contribution in [2.24, 2.45) is 5.92 Å². The minimum atomic E-state index is 0.691. The molecule has 2 atom stereocenters. The Morgan fingerprint density at radius 3 is 2.44 bits per heavy atom. The summed E-state index contributed by atoms with van der Waals surface area (Å²) >= 11 is 0. The molecule has 0 aliphatic rings. The van der Waals surface area contributed by atoms with Crippen molar-refractivity contribution in [3.05, 3.63) is 0 Å². The summed E-state index contributed by atoms with van der Waals surface area (Å²) in [5.74, 6) is 0.849. The van der Waals surface area contributed by atoms with Crippen molar-refractivity contribution in [2.45, 2.75) is 65.3 Å². The van der Waals surface area contributed by atoms with E-state index in [0.29, 0.717) is 6.04 Å². The molecule has 0 aromatic heterocycles. The molecule has 2 heteroatoms. The van der Waals surface area contributed by atoms with Gasteiger partial charge in [0.1, 0.15) is 0 Å². The molecule has 0 aromatic rings. The molecule has 0 saturated carbocycles. The van der Waals surface area contributed by atoms with E-state index in [-0.39, 0.29) is 0 Å². The van der Waals surface area contributed by atoms with Gasteiger partial charge in [0.15, 0.2) is 0 Å². The van der Waals surface area contributed by atoms with E-state index in [0.717, 1.165) is 19.1 Å². The third kappa shape index (κ3) is 9.17. The Bertz CT molecular complexity index is 139. The lowest BCUT2D eigenvalue weighted by Gasteiger charge is -2.22. The van der Waals surface area contributed by atoms with E-state index in [1.165, 1.54) is 38.5 Å². The second-order valence-electron chi connectivity index (χ2n) is 4.92. The lowest BCUT2D eigenvalue weighted by Crippen LogP contribution is -2.31. The fourth-order valence-corrected chi connectivity index (χ4v) is 2.22. The Labute approximate surface area is 102 Å². The van der Waals surface area contributed by atoms with Crippen LogP contribution in [0.5, 0.6) is 0 Å². The van der Waals surface area contributed by atoms with Crippen molar-refractivity contribution in [3.63, 3.8) is 0 Å². The summed E-state index contributed by atoms with van der Waals surface area (Å²) in [6.45, 7) is 8.92. The van der Waals surface area contributed by atoms with E-state index in [2.05, 4.69) is 26.1 Å². The van der Waals surface area contributed by atoms with Crippen molar-refractivity contribution in [1.82, 2.24) is 5.32 Å². The highest BCUT2D eigenvalue weighted by atomic mass is 16.5. The van der Waals surface area contributed by atoms with Crippen molar-refractivity contribution < 1.29 is 4.74 Å². The van der Waals surface area contributed by atoms with Crippen LogP contribution < -0.4 is 5.32 Å².